The number of alkyl halides is 2. The first kappa shape index (κ1) is 18.6. The van der Waals surface area contributed by atoms with Gasteiger partial charge in [-0.2, -0.15) is 8.78 Å². The van der Waals surface area contributed by atoms with E-state index in [0.717, 1.165) is 12.4 Å². The Balaban J connectivity index is 1.93. The number of hydrogen-bond acceptors (Lipinski definition) is 5. The first-order valence-corrected chi connectivity index (χ1v) is 8.47. The molecule has 4 aromatic rings. The van der Waals surface area contributed by atoms with Gasteiger partial charge in [-0.25, -0.2) is 14.4 Å². The van der Waals surface area contributed by atoms with Crippen LogP contribution in [0.1, 0.15) is 17.3 Å². The third-order valence-electron chi connectivity index (χ3n) is 4.24. The number of Topliss-reactive ketones (excluding diaryl/α,β-unsaturated/α-hetero) is 1. The van der Waals surface area contributed by atoms with Crippen molar-refractivity contribution in [3.63, 3.8) is 0 Å². The summed E-state index contributed by atoms with van der Waals surface area (Å²) in [7, 11) is 0. The van der Waals surface area contributed by atoms with Crippen LogP contribution in [-0.4, -0.2) is 31.9 Å². The van der Waals surface area contributed by atoms with Crippen LogP contribution in [0.15, 0.2) is 55.1 Å². The number of carbonyl (C=O) groups excluding carboxylic acids is 1. The molecule has 0 aliphatic rings. The van der Waals surface area contributed by atoms with Gasteiger partial charge in [0.25, 0.3) is 0 Å². The van der Waals surface area contributed by atoms with Gasteiger partial charge in [-0.1, -0.05) is 12.1 Å². The zero-order valence-electron chi connectivity index (χ0n) is 15.0. The Kier molecular flexibility index (Phi) is 4.71. The van der Waals surface area contributed by atoms with E-state index in [1.807, 2.05) is 0 Å². The number of nitrogens with zero attached hydrogens (tertiary/aromatic N) is 4. The van der Waals surface area contributed by atoms with Crippen molar-refractivity contribution in [2.24, 2.45) is 0 Å². The molecule has 3 heterocycles. The largest absolute Gasteiger partial charge is 0.435 e. The van der Waals surface area contributed by atoms with Crippen LogP contribution in [0, 0.1) is 5.82 Å². The summed E-state index contributed by atoms with van der Waals surface area (Å²) in [5.74, 6) is -0.604. The van der Waals surface area contributed by atoms with Crippen molar-refractivity contribution >= 4 is 16.8 Å². The second kappa shape index (κ2) is 7.34. The lowest BCUT2D eigenvalue weighted by Gasteiger charge is -2.06. The first-order chi connectivity index (χ1) is 13.9. The lowest BCUT2D eigenvalue weighted by Crippen LogP contribution is -2.01. The molecular formula is C20H13F3N4O2. The number of ether oxygens (including phenoxy) is 1. The number of rotatable bonds is 5. The fourth-order valence-electron chi connectivity index (χ4n) is 2.94. The van der Waals surface area contributed by atoms with Crippen LogP contribution >= 0.6 is 0 Å². The van der Waals surface area contributed by atoms with E-state index in [1.54, 1.807) is 29.0 Å². The van der Waals surface area contributed by atoms with Crippen molar-refractivity contribution in [2.75, 3.05) is 0 Å². The lowest BCUT2D eigenvalue weighted by molar-refractivity contribution is -0.0498. The molecule has 146 valence electrons. The van der Waals surface area contributed by atoms with Gasteiger partial charge in [0, 0.05) is 23.5 Å². The molecule has 0 fully saturated rings. The summed E-state index contributed by atoms with van der Waals surface area (Å²) in [4.78, 5) is 24.1. The average molecular weight is 398 g/mol. The lowest BCUT2D eigenvalue weighted by atomic mass is 10.1. The van der Waals surface area contributed by atoms with E-state index in [-0.39, 0.29) is 17.5 Å². The van der Waals surface area contributed by atoms with Crippen LogP contribution in [0.3, 0.4) is 0 Å². The maximum Gasteiger partial charge on any atom is 0.387 e. The summed E-state index contributed by atoms with van der Waals surface area (Å²) in [6.07, 6.45) is 5.13. The minimum absolute atomic E-state index is 0.00297. The molecule has 29 heavy (non-hydrogen) atoms. The fourth-order valence-corrected chi connectivity index (χ4v) is 2.94. The van der Waals surface area contributed by atoms with Crippen LogP contribution in [0.25, 0.3) is 28.1 Å². The first-order valence-electron chi connectivity index (χ1n) is 8.47. The highest BCUT2D eigenvalue weighted by atomic mass is 19.3. The highest BCUT2D eigenvalue weighted by molar-refractivity contribution is 6.00. The minimum atomic E-state index is -2.95. The molecule has 0 aliphatic carbocycles. The van der Waals surface area contributed by atoms with Crippen molar-refractivity contribution in [3.05, 3.63) is 66.5 Å². The fraction of sp³-hybridized carbons (Fsp3) is 0.100. The smallest absolute Gasteiger partial charge is 0.387 e. The number of pyridine rings is 1. The summed E-state index contributed by atoms with van der Waals surface area (Å²) in [5.41, 5.74) is 2.54. The second-order valence-electron chi connectivity index (χ2n) is 6.17. The second-order valence-corrected chi connectivity index (χ2v) is 6.17. The standard InChI is InChI=1S/C20H13F3N4O2/c1-11(28)13-6-17-18(24-7-13)16(10-27(17)20-25-8-14(21)9-26-20)12-3-2-4-15(5-12)29-19(22)23/h2-10,19H,1H3. The molecule has 0 saturated carbocycles. The maximum absolute atomic E-state index is 13.2. The quantitative estimate of drug-likeness (QED) is 0.465. The number of halogens is 3. The van der Waals surface area contributed by atoms with Gasteiger partial charge in [-0.05, 0) is 30.7 Å². The Hall–Kier alpha value is -3.75. The number of fused-ring (bicyclic) bond motifs is 1. The number of carbonyl (C=O) groups is 1. The van der Waals surface area contributed by atoms with E-state index in [4.69, 9.17) is 0 Å². The molecule has 3 aromatic heterocycles. The van der Waals surface area contributed by atoms with Crippen molar-refractivity contribution < 1.29 is 22.7 Å². The molecule has 1 aromatic carbocycles. The SMILES string of the molecule is CC(=O)c1cnc2c(-c3cccc(OC(F)F)c3)cn(-c3ncc(F)cn3)c2c1. The molecule has 9 heteroatoms. The van der Waals surface area contributed by atoms with Gasteiger partial charge in [0.2, 0.25) is 5.95 Å². The molecule has 4 rings (SSSR count). The monoisotopic (exact) mass is 398 g/mol. The number of hydrogen-bond donors (Lipinski definition) is 0. The molecule has 0 spiro atoms. The highest BCUT2D eigenvalue weighted by Gasteiger charge is 2.17. The molecule has 6 nitrogen and oxygen atoms in total. The summed E-state index contributed by atoms with van der Waals surface area (Å²) in [5, 5.41) is 0. The summed E-state index contributed by atoms with van der Waals surface area (Å²) >= 11 is 0. The Morgan fingerprint density at radius 1 is 1.10 bits per heavy atom. The zero-order chi connectivity index (χ0) is 20.5. The topological polar surface area (TPSA) is 69.9 Å². The third kappa shape index (κ3) is 3.66. The van der Waals surface area contributed by atoms with Crippen LogP contribution in [0.5, 0.6) is 5.75 Å². The Labute approximate surface area is 162 Å². The van der Waals surface area contributed by atoms with Gasteiger partial charge in [0.1, 0.15) is 5.75 Å². The predicted molar refractivity (Wildman–Crippen MR) is 98.7 cm³/mol. The van der Waals surface area contributed by atoms with Gasteiger partial charge in [-0.3, -0.25) is 14.3 Å². The molecule has 0 radical (unpaired) electrons. The number of ketones is 1. The molecule has 0 bridgehead atoms. The molecular weight excluding hydrogens is 385 g/mol. The van der Waals surface area contributed by atoms with E-state index in [2.05, 4.69) is 19.7 Å². The zero-order valence-corrected chi connectivity index (χ0v) is 15.0. The summed E-state index contributed by atoms with van der Waals surface area (Å²) < 4.78 is 44.4. The average Bonchev–Trinajstić information content (AvgIpc) is 3.07. The molecule has 0 atom stereocenters. The van der Waals surface area contributed by atoms with Gasteiger partial charge in [-0.15, -0.1) is 0 Å². The van der Waals surface area contributed by atoms with Crippen LogP contribution in [-0.2, 0) is 0 Å². The van der Waals surface area contributed by atoms with E-state index in [1.165, 1.54) is 25.3 Å². The summed E-state index contributed by atoms with van der Waals surface area (Å²) in [6, 6.07) is 7.79. The number of aromatic nitrogens is 4. The molecule has 0 saturated heterocycles. The van der Waals surface area contributed by atoms with E-state index < -0.39 is 12.4 Å². The normalized spacial score (nSPS) is 11.2. The Morgan fingerprint density at radius 2 is 1.86 bits per heavy atom. The van der Waals surface area contributed by atoms with E-state index in [9.17, 15) is 18.0 Å². The van der Waals surface area contributed by atoms with Crippen molar-refractivity contribution in [2.45, 2.75) is 13.5 Å². The van der Waals surface area contributed by atoms with Crippen molar-refractivity contribution in [3.8, 4) is 22.8 Å². The number of benzene rings is 1. The Bertz CT molecular complexity index is 1210. The van der Waals surface area contributed by atoms with Gasteiger partial charge >= 0.3 is 6.61 Å². The van der Waals surface area contributed by atoms with Crippen LogP contribution in [0.4, 0.5) is 13.2 Å². The van der Waals surface area contributed by atoms with Gasteiger partial charge in [0.05, 0.1) is 23.4 Å². The molecule has 0 amide bonds. The maximum atomic E-state index is 13.2. The van der Waals surface area contributed by atoms with Gasteiger partial charge in [0.15, 0.2) is 11.6 Å². The van der Waals surface area contributed by atoms with Crippen LogP contribution < -0.4 is 4.74 Å². The minimum Gasteiger partial charge on any atom is -0.435 e. The van der Waals surface area contributed by atoms with Gasteiger partial charge < -0.3 is 4.74 Å². The van der Waals surface area contributed by atoms with Crippen LogP contribution in [0.2, 0.25) is 0 Å². The summed E-state index contributed by atoms with van der Waals surface area (Å²) in [6.45, 7) is -1.54. The van der Waals surface area contributed by atoms with E-state index >= 15 is 0 Å². The predicted octanol–water partition coefficient (Wildman–Crippen LogP) is 4.43. The Morgan fingerprint density at radius 3 is 2.55 bits per heavy atom. The third-order valence-corrected chi connectivity index (χ3v) is 4.24. The molecule has 0 unspecified atom stereocenters. The molecule has 0 aliphatic heterocycles. The molecule has 0 N–H and O–H groups in total. The van der Waals surface area contributed by atoms with E-state index in [0.29, 0.717) is 27.7 Å². The highest BCUT2D eigenvalue weighted by Crippen LogP contribution is 2.33. The van der Waals surface area contributed by atoms with Crippen molar-refractivity contribution in [1.82, 2.24) is 19.5 Å². The van der Waals surface area contributed by atoms with Crippen molar-refractivity contribution in [1.29, 1.82) is 0 Å².